The highest BCUT2D eigenvalue weighted by Gasteiger charge is 2.27. The van der Waals surface area contributed by atoms with Crippen LogP contribution in [0.15, 0.2) is 6.07 Å². The van der Waals surface area contributed by atoms with Gasteiger partial charge in [0, 0.05) is 17.5 Å². The zero-order valence-electron chi connectivity index (χ0n) is 7.56. The quantitative estimate of drug-likeness (QED) is 0.690. The summed E-state index contributed by atoms with van der Waals surface area (Å²) in [5.74, 6) is -2.17. The predicted molar refractivity (Wildman–Crippen MR) is 45.6 cm³/mol. The van der Waals surface area contributed by atoms with Gasteiger partial charge in [0.2, 0.25) is 0 Å². The molecule has 1 aliphatic rings. The second-order valence-electron chi connectivity index (χ2n) is 3.15. The molecule has 0 spiro atoms. The summed E-state index contributed by atoms with van der Waals surface area (Å²) in [5, 5.41) is 0. The van der Waals surface area contributed by atoms with Crippen LogP contribution in [0, 0.1) is 11.6 Å². The van der Waals surface area contributed by atoms with E-state index in [1.165, 1.54) is 7.11 Å². The van der Waals surface area contributed by atoms with Crippen LogP contribution in [0.1, 0.15) is 22.3 Å². The van der Waals surface area contributed by atoms with Crippen molar-refractivity contribution in [3.8, 4) is 5.75 Å². The van der Waals surface area contributed by atoms with Gasteiger partial charge in [-0.15, -0.1) is 0 Å². The summed E-state index contributed by atoms with van der Waals surface area (Å²) >= 11 is 0. The fourth-order valence-electron chi connectivity index (χ4n) is 1.69. The molecule has 1 aromatic rings. The minimum Gasteiger partial charge on any atom is -0.491 e. The number of methoxy groups -OCH3 is 1. The Labute approximate surface area is 79.5 Å². The van der Waals surface area contributed by atoms with E-state index in [0.717, 1.165) is 6.07 Å². The topological polar surface area (TPSA) is 26.3 Å². The van der Waals surface area contributed by atoms with Gasteiger partial charge in [-0.05, 0) is 12.5 Å². The number of halogens is 2. The molecular weight excluding hydrogens is 190 g/mol. The minimum absolute atomic E-state index is 0.154. The van der Waals surface area contributed by atoms with Crippen LogP contribution in [-0.2, 0) is 6.42 Å². The largest absolute Gasteiger partial charge is 0.491 e. The summed E-state index contributed by atoms with van der Waals surface area (Å²) in [7, 11) is 1.20. The van der Waals surface area contributed by atoms with Gasteiger partial charge in [0.15, 0.2) is 23.2 Å². The molecule has 1 aromatic carbocycles. The number of hydrogen-bond donors (Lipinski definition) is 0. The predicted octanol–water partition coefficient (Wildman–Crippen LogP) is 2.10. The van der Waals surface area contributed by atoms with E-state index in [1.807, 2.05) is 0 Å². The Bertz CT molecular complexity index is 413. The summed E-state index contributed by atoms with van der Waals surface area (Å²) in [6.07, 6.45) is 0.579. The Kier molecular flexibility index (Phi) is 1.98. The first kappa shape index (κ1) is 9.12. The van der Waals surface area contributed by atoms with E-state index in [0.29, 0.717) is 6.42 Å². The second-order valence-corrected chi connectivity index (χ2v) is 3.15. The summed E-state index contributed by atoms with van der Waals surface area (Å²) in [4.78, 5) is 11.2. The van der Waals surface area contributed by atoms with Crippen molar-refractivity contribution < 1.29 is 18.3 Å². The maximum absolute atomic E-state index is 13.5. The molecule has 0 heterocycles. The summed E-state index contributed by atoms with van der Waals surface area (Å²) in [5.41, 5.74) is 0.425. The third-order valence-electron chi connectivity index (χ3n) is 2.38. The van der Waals surface area contributed by atoms with Crippen LogP contribution in [0.2, 0.25) is 0 Å². The highest BCUT2D eigenvalue weighted by Crippen LogP contribution is 2.32. The average Bonchev–Trinajstić information content (AvgIpc) is 2.49. The molecule has 1 aliphatic carbocycles. The van der Waals surface area contributed by atoms with Crippen LogP contribution >= 0.6 is 0 Å². The van der Waals surface area contributed by atoms with E-state index in [9.17, 15) is 13.6 Å². The molecule has 14 heavy (non-hydrogen) atoms. The van der Waals surface area contributed by atoms with Gasteiger partial charge in [-0.1, -0.05) is 0 Å². The number of carbonyl (C=O) groups excluding carboxylic acids is 1. The molecule has 74 valence electrons. The Morgan fingerprint density at radius 1 is 1.36 bits per heavy atom. The van der Waals surface area contributed by atoms with Crippen molar-refractivity contribution in [3.63, 3.8) is 0 Å². The van der Waals surface area contributed by atoms with Crippen LogP contribution < -0.4 is 4.74 Å². The van der Waals surface area contributed by atoms with Gasteiger partial charge in [-0.25, -0.2) is 8.78 Å². The highest BCUT2D eigenvalue weighted by molar-refractivity contribution is 6.00. The number of hydrogen-bond acceptors (Lipinski definition) is 2. The molecule has 2 rings (SSSR count). The third-order valence-corrected chi connectivity index (χ3v) is 2.38. The average molecular weight is 198 g/mol. The van der Waals surface area contributed by atoms with Gasteiger partial charge in [0.05, 0.1) is 7.11 Å². The van der Waals surface area contributed by atoms with Crippen LogP contribution in [-0.4, -0.2) is 12.9 Å². The number of fused-ring (bicyclic) bond motifs is 1. The molecule has 0 saturated heterocycles. The van der Waals surface area contributed by atoms with E-state index in [2.05, 4.69) is 4.74 Å². The molecule has 0 bridgehead atoms. The standard InChI is InChI=1S/C10H8F2O2/c1-14-10-7(11)4-6-5(9(10)12)2-3-8(6)13/h4H,2-3H2,1H3. The van der Waals surface area contributed by atoms with Crippen molar-refractivity contribution in [2.24, 2.45) is 0 Å². The SMILES string of the molecule is COc1c(F)cc2c(c1F)CCC2=O. The Morgan fingerprint density at radius 2 is 2.07 bits per heavy atom. The van der Waals surface area contributed by atoms with E-state index in [1.54, 1.807) is 0 Å². The first-order valence-corrected chi connectivity index (χ1v) is 4.23. The molecule has 2 nitrogen and oxygen atoms in total. The lowest BCUT2D eigenvalue weighted by Crippen LogP contribution is -2.00. The van der Waals surface area contributed by atoms with E-state index in [-0.39, 0.29) is 23.3 Å². The summed E-state index contributed by atoms with van der Waals surface area (Å²) in [6.45, 7) is 0. The van der Waals surface area contributed by atoms with Gasteiger partial charge >= 0.3 is 0 Å². The van der Waals surface area contributed by atoms with Crippen LogP contribution in [0.3, 0.4) is 0 Å². The molecule has 0 aliphatic heterocycles. The molecular formula is C10H8F2O2. The van der Waals surface area contributed by atoms with Gasteiger partial charge in [0.1, 0.15) is 0 Å². The highest BCUT2D eigenvalue weighted by atomic mass is 19.1. The lowest BCUT2D eigenvalue weighted by atomic mass is 10.1. The van der Waals surface area contributed by atoms with Crippen LogP contribution in [0.25, 0.3) is 0 Å². The lowest BCUT2D eigenvalue weighted by molar-refractivity contribution is 0.0994. The van der Waals surface area contributed by atoms with Gasteiger partial charge in [-0.2, -0.15) is 0 Å². The van der Waals surface area contributed by atoms with Gasteiger partial charge in [0.25, 0.3) is 0 Å². The monoisotopic (exact) mass is 198 g/mol. The molecule has 0 fully saturated rings. The van der Waals surface area contributed by atoms with E-state index < -0.39 is 17.4 Å². The zero-order valence-corrected chi connectivity index (χ0v) is 7.56. The Morgan fingerprint density at radius 3 is 2.71 bits per heavy atom. The van der Waals surface area contributed by atoms with E-state index in [4.69, 9.17) is 0 Å². The molecule has 0 aromatic heterocycles. The molecule has 0 atom stereocenters. The van der Waals surface area contributed by atoms with Crippen molar-refractivity contribution in [1.29, 1.82) is 0 Å². The number of carbonyl (C=O) groups is 1. The van der Waals surface area contributed by atoms with Crippen LogP contribution in [0.4, 0.5) is 8.78 Å². The number of benzene rings is 1. The second kappa shape index (κ2) is 3.04. The van der Waals surface area contributed by atoms with Gasteiger partial charge in [-0.3, -0.25) is 4.79 Å². The van der Waals surface area contributed by atoms with Crippen molar-refractivity contribution >= 4 is 5.78 Å². The summed E-state index contributed by atoms with van der Waals surface area (Å²) < 4.78 is 31.2. The normalized spacial score (nSPS) is 14.4. The number of rotatable bonds is 1. The number of Topliss-reactive ketones (excluding diaryl/α,β-unsaturated/α-hetero) is 1. The molecule has 0 saturated carbocycles. The molecule has 0 amide bonds. The number of ether oxygens (including phenoxy) is 1. The Balaban J connectivity index is 2.68. The maximum Gasteiger partial charge on any atom is 0.190 e. The molecule has 0 radical (unpaired) electrons. The van der Waals surface area contributed by atoms with Crippen molar-refractivity contribution in [1.82, 2.24) is 0 Å². The fourth-order valence-corrected chi connectivity index (χ4v) is 1.69. The zero-order chi connectivity index (χ0) is 10.3. The first-order valence-electron chi connectivity index (χ1n) is 4.23. The number of ketones is 1. The fraction of sp³-hybridized carbons (Fsp3) is 0.300. The molecule has 0 unspecified atom stereocenters. The minimum atomic E-state index is -0.820. The van der Waals surface area contributed by atoms with Crippen LogP contribution in [0.5, 0.6) is 5.75 Å². The van der Waals surface area contributed by atoms with Crippen molar-refractivity contribution in [2.45, 2.75) is 12.8 Å². The molecule has 0 N–H and O–H groups in total. The van der Waals surface area contributed by atoms with E-state index >= 15 is 0 Å². The Hall–Kier alpha value is -1.45. The summed E-state index contributed by atoms with van der Waals surface area (Å²) in [6, 6.07) is 1.05. The lowest BCUT2D eigenvalue weighted by Gasteiger charge is -2.06. The first-order chi connectivity index (χ1) is 6.65. The van der Waals surface area contributed by atoms with Gasteiger partial charge < -0.3 is 4.74 Å². The smallest absolute Gasteiger partial charge is 0.190 e. The maximum atomic E-state index is 13.5. The third kappa shape index (κ3) is 1.10. The molecule has 4 heteroatoms. The van der Waals surface area contributed by atoms with Crippen molar-refractivity contribution in [2.75, 3.05) is 7.11 Å². The van der Waals surface area contributed by atoms with Crippen molar-refractivity contribution in [3.05, 3.63) is 28.8 Å².